The van der Waals surface area contributed by atoms with E-state index in [2.05, 4.69) is 23.2 Å². The smallest absolute Gasteiger partial charge is 0.234 e. The second-order valence-electron chi connectivity index (χ2n) is 4.34. The molecule has 0 aliphatic heterocycles. The number of thiophene rings is 1. The molecular formula is C13H23N3OS. The number of nitrogens with one attached hydrogen (secondary N) is 1. The van der Waals surface area contributed by atoms with Crippen molar-refractivity contribution in [2.75, 3.05) is 19.6 Å². The van der Waals surface area contributed by atoms with E-state index in [1.165, 1.54) is 4.88 Å². The van der Waals surface area contributed by atoms with E-state index in [0.717, 1.165) is 6.54 Å². The van der Waals surface area contributed by atoms with Gasteiger partial charge in [-0.05, 0) is 31.8 Å². The van der Waals surface area contributed by atoms with Crippen molar-refractivity contribution >= 4 is 17.2 Å². The Morgan fingerprint density at radius 3 is 2.72 bits per heavy atom. The topological polar surface area (TPSA) is 58.4 Å². The van der Waals surface area contributed by atoms with Gasteiger partial charge in [0.15, 0.2) is 0 Å². The van der Waals surface area contributed by atoms with Gasteiger partial charge in [-0.1, -0.05) is 13.0 Å². The molecule has 1 rings (SSSR count). The van der Waals surface area contributed by atoms with Gasteiger partial charge in [-0.25, -0.2) is 0 Å². The lowest BCUT2D eigenvalue weighted by atomic mass is 10.1. The first-order valence-electron chi connectivity index (χ1n) is 6.39. The van der Waals surface area contributed by atoms with E-state index in [4.69, 9.17) is 5.73 Å². The Morgan fingerprint density at radius 2 is 2.28 bits per heavy atom. The van der Waals surface area contributed by atoms with Gasteiger partial charge in [0, 0.05) is 17.5 Å². The van der Waals surface area contributed by atoms with Gasteiger partial charge in [0.2, 0.25) is 5.91 Å². The predicted octanol–water partition coefficient (Wildman–Crippen LogP) is 1.59. The lowest BCUT2D eigenvalue weighted by Crippen LogP contribution is -2.44. The molecule has 0 aromatic carbocycles. The minimum Gasteiger partial charge on any atom is -0.355 e. The molecule has 0 fully saturated rings. The maximum absolute atomic E-state index is 11.7. The summed E-state index contributed by atoms with van der Waals surface area (Å²) in [5.74, 6) is 0.0570. The number of carbonyl (C=O) groups is 1. The van der Waals surface area contributed by atoms with Crippen molar-refractivity contribution in [2.24, 2.45) is 5.73 Å². The minimum atomic E-state index is -0.00183. The van der Waals surface area contributed by atoms with Gasteiger partial charge in [-0.3, -0.25) is 9.69 Å². The lowest BCUT2D eigenvalue weighted by Gasteiger charge is -2.32. The largest absolute Gasteiger partial charge is 0.355 e. The molecule has 1 heterocycles. The van der Waals surface area contributed by atoms with Crippen LogP contribution in [0.2, 0.25) is 0 Å². The highest BCUT2D eigenvalue weighted by Crippen LogP contribution is 2.27. The molecule has 0 radical (unpaired) electrons. The molecule has 4 nitrogen and oxygen atoms in total. The van der Waals surface area contributed by atoms with Crippen molar-refractivity contribution in [3.63, 3.8) is 0 Å². The molecule has 18 heavy (non-hydrogen) atoms. The molecule has 3 N–H and O–H groups in total. The van der Waals surface area contributed by atoms with Crippen LogP contribution in [0.4, 0.5) is 0 Å². The maximum atomic E-state index is 11.7. The van der Waals surface area contributed by atoms with Crippen LogP contribution in [0.1, 0.15) is 31.7 Å². The summed E-state index contributed by atoms with van der Waals surface area (Å²) in [6, 6.07) is 4.21. The zero-order valence-corrected chi connectivity index (χ0v) is 12.2. The van der Waals surface area contributed by atoms with E-state index >= 15 is 0 Å². The molecule has 2 atom stereocenters. The van der Waals surface area contributed by atoms with Gasteiger partial charge in [0.05, 0.1) is 12.6 Å². The summed E-state index contributed by atoms with van der Waals surface area (Å²) in [5, 5.41) is 4.88. The summed E-state index contributed by atoms with van der Waals surface area (Å²) in [6.07, 6.45) is 0. The fourth-order valence-corrected chi connectivity index (χ4v) is 3.05. The van der Waals surface area contributed by atoms with Gasteiger partial charge >= 0.3 is 0 Å². The molecule has 1 aromatic heterocycles. The summed E-state index contributed by atoms with van der Waals surface area (Å²) < 4.78 is 0. The van der Waals surface area contributed by atoms with Crippen LogP contribution in [0.5, 0.6) is 0 Å². The Hall–Kier alpha value is -0.910. The van der Waals surface area contributed by atoms with Crippen LogP contribution in [0, 0.1) is 0 Å². The molecule has 1 aromatic rings. The lowest BCUT2D eigenvalue weighted by molar-refractivity contribution is -0.122. The molecule has 0 aliphatic carbocycles. The van der Waals surface area contributed by atoms with Crippen LogP contribution >= 0.6 is 11.3 Å². The molecule has 0 spiro atoms. The number of rotatable bonds is 7. The first-order chi connectivity index (χ1) is 8.60. The third-order valence-electron chi connectivity index (χ3n) is 2.85. The fourth-order valence-electron chi connectivity index (χ4n) is 2.08. The third-order valence-corrected chi connectivity index (χ3v) is 3.80. The number of carbonyl (C=O) groups excluding carboxylic acids is 1. The van der Waals surface area contributed by atoms with Gasteiger partial charge in [0.25, 0.3) is 0 Å². The standard InChI is InChI=1S/C13H23N3OS/c1-4-15-12(17)9-16(5-2)13(10(3)14)11-7-6-8-18-11/h6-8,10,13H,4-5,9,14H2,1-3H3,(H,15,17). The van der Waals surface area contributed by atoms with E-state index < -0.39 is 0 Å². The Bertz CT molecular complexity index is 351. The van der Waals surface area contributed by atoms with E-state index in [9.17, 15) is 4.79 Å². The van der Waals surface area contributed by atoms with Crippen LogP contribution in [0.3, 0.4) is 0 Å². The zero-order valence-electron chi connectivity index (χ0n) is 11.3. The van der Waals surface area contributed by atoms with Crippen LogP contribution in [0.25, 0.3) is 0 Å². The average Bonchev–Trinajstić information content (AvgIpc) is 2.81. The SMILES string of the molecule is CCNC(=O)CN(CC)C(c1cccs1)C(C)N. The summed E-state index contributed by atoms with van der Waals surface area (Å²) >= 11 is 1.69. The van der Waals surface area contributed by atoms with Crippen molar-refractivity contribution < 1.29 is 4.79 Å². The number of hydrogen-bond acceptors (Lipinski definition) is 4. The molecular weight excluding hydrogens is 246 g/mol. The summed E-state index contributed by atoms with van der Waals surface area (Å²) in [7, 11) is 0. The summed E-state index contributed by atoms with van der Waals surface area (Å²) in [4.78, 5) is 15.1. The molecule has 0 saturated carbocycles. The van der Waals surface area contributed by atoms with E-state index in [1.54, 1.807) is 11.3 Å². The monoisotopic (exact) mass is 269 g/mol. The fraction of sp³-hybridized carbons (Fsp3) is 0.615. The highest BCUT2D eigenvalue weighted by Gasteiger charge is 2.25. The maximum Gasteiger partial charge on any atom is 0.234 e. The number of likely N-dealkylation sites (N-methyl/N-ethyl adjacent to an activating group) is 2. The van der Waals surface area contributed by atoms with Gasteiger partial charge in [0.1, 0.15) is 0 Å². The number of hydrogen-bond donors (Lipinski definition) is 2. The van der Waals surface area contributed by atoms with Crippen LogP contribution in [0.15, 0.2) is 17.5 Å². The van der Waals surface area contributed by atoms with Gasteiger partial charge in [-0.2, -0.15) is 0 Å². The molecule has 0 saturated heterocycles. The summed E-state index contributed by atoms with van der Waals surface area (Å²) in [6.45, 7) is 7.84. The molecule has 102 valence electrons. The van der Waals surface area contributed by atoms with Crippen molar-refractivity contribution in [2.45, 2.75) is 32.9 Å². The first-order valence-corrected chi connectivity index (χ1v) is 7.27. The Labute approximate surface area is 113 Å². The highest BCUT2D eigenvalue weighted by atomic mass is 32.1. The summed E-state index contributed by atoms with van der Waals surface area (Å²) in [5.41, 5.74) is 6.09. The Kier molecular flexibility index (Phi) is 6.32. The molecule has 0 aliphatic rings. The average molecular weight is 269 g/mol. The van der Waals surface area contributed by atoms with Crippen molar-refractivity contribution in [3.05, 3.63) is 22.4 Å². The Balaban J connectivity index is 2.79. The third kappa shape index (κ3) is 4.08. The van der Waals surface area contributed by atoms with E-state index in [-0.39, 0.29) is 18.0 Å². The second-order valence-corrected chi connectivity index (χ2v) is 5.32. The predicted molar refractivity (Wildman–Crippen MR) is 76.6 cm³/mol. The van der Waals surface area contributed by atoms with Gasteiger partial charge in [-0.15, -0.1) is 11.3 Å². The van der Waals surface area contributed by atoms with E-state index in [1.807, 2.05) is 25.3 Å². The van der Waals surface area contributed by atoms with Crippen molar-refractivity contribution in [3.8, 4) is 0 Å². The number of nitrogens with zero attached hydrogens (tertiary/aromatic N) is 1. The molecule has 0 bridgehead atoms. The quantitative estimate of drug-likeness (QED) is 0.790. The molecule has 5 heteroatoms. The van der Waals surface area contributed by atoms with Crippen LogP contribution in [-0.4, -0.2) is 36.5 Å². The number of nitrogens with two attached hydrogens (primary N) is 1. The number of amides is 1. The Morgan fingerprint density at radius 1 is 1.56 bits per heavy atom. The molecule has 1 amide bonds. The van der Waals surface area contributed by atoms with Crippen LogP contribution in [-0.2, 0) is 4.79 Å². The molecule has 2 unspecified atom stereocenters. The highest BCUT2D eigenvalue weighted by molar-refractivity contribution is 7.10. The van der Waals surface area contributed by atoms with Crippen molar-refractivity contribution in [1.82, 2.24) is 10.2 Å². The first kappa shape index (κ1) is 15.1. The van der Waals surface area contributed by atoms with E-state index in [0.29, 0.717) is 13.1 Å². The normalized spacial score (nSPS) is 14.5. The van der Waals surface area contributed by atoms with Gasteiger partial charge < -0.3 is 11.1 Å². The second kappa shape index (κ2) is 7.51. The van der Waals surface area contributed by atoms with Crippen molar-refractivity contribution in [1.29, 1.82) is 0 Å². The van der Waals surface area contributed by atoms with Crippen LogP contribution < -0.4 is 11.1 Å². The minimum absolute atomic E-state index is 0.00183. The zero-order chi connectivity index (χ0) is 13.5.